The maximum absolute atomic E-state index is 11.1. The molecule has 0 amide bonds. The molecule has 1 rings (SSSR count). The second kappa shape index (κ2) is 3.70. The molecular weight excluding hydrogens is 172 g/mol. The van der Waals surface area contributed by atoms with Crippen LogP contribution in [-0.2, 0) is 14.3 Å². The zero-order chi connectivity index (χ0) is 10.0. The van der Waals surface area contributed by atoms with Crippen molar-refractivity contribution in [1.29, 1.82) is 0 Å². The van der Waals surface area contributed by atoms with Crippen LogP contribution in [0.15, 0.2) is 11.6 Å². The van der Waals surface area contributed by atoms with Crippen LogP contribution in [0, 0.1) is 0 Å². The summed E-state index contributed by atoms with van der Waals surface area (Å²) in [5.74, 6) is -0.587. The van der Waals surface area contributed by atoms with E-state index < -0.39 is 18.2 Å². The van der Waals surface area contributed by atoms with Crippen LogP contribution in [0.5, 0.6) is 0 Å². The molecular formula is C9H12O4. The summed E-state index contributed by atoms with van der Waals surface area (Å²) in [5, 5.41) is 9.12. The lowest BCUT2D eigenvalue weighted by atomic mass is 10.1. The fourth-order valence-corrected chi connectivity index (χ4v) is 1.14. The maximum atomic E-state index is 11.1. The van der Waals surface area contributed by atoms with Crippen molar-refractivity contribution < 1.29 is 19.4 Å². The molecule has 0 radical (unpaired) electrons. The summed E-state index contributed by atoms with van der Waals surface area (Å²) in [4.78, 5) is 21.8. The van der Waals surface area contributed by atoms with Gasteiger partial charge in [-0.25, -0.2) is 4.79 Å². The molecule has 4 nitrogen and oxygen atoms in total. The molecule has 2 atom stereocenters. The molecule has 1 aliphatic heterocycles. The third-order valence-electron chi connectivity index (χ3n) is 1.79. The average molecular weight is 184 g/mol. The summed E-state index contributed by atoms with van der Waals surface area (Å²) in [6.45, 7) is 2.94. The summed E-state index contributed by atoms with van der Waals surface area (Å²) in [6.07, 6.45) is 0.270. The number of hydrogen-bond donors (Lipinski definition) is 1. The fraction of sp³-hybridized carbons (Fsp3) is 0.556. The lowest BCUT2D eigenvalue weighted by Gasteiger charge is -2.09. The minimum atomic E-state index is -0.728. The van der Waals surface area contributed by atoms with Gasteiger partial charge in [-0.05, 0) is 19.9 Å². The zero-order valence-electron chi connectivity index (χ0n) is 7.61. The van der Waals surface area contributed by atoms with Crippen LogP contribution in [0.2, 0.25) is 0 Å². The lowest BCUT2D eigenvalue weighted by Crippen LogP contribution is -2.21. The van der Waals surface area contributed by atoms with Gasteiger partial charge in [-0.15, -0.1) is 0 Å². The van der Waals surface area contributed by atoms with Crippen molar-refractivity contribution in [1.82, 2.24) is 0 Å². The first kappa shape index (κ1) is 9.92. The number of aliphatic hydroxyl groups excluding tert-OH is 1. The summed E-state index contributed by atoms with van der Waals surface area (Å²) < 4.78 is 4.80. The van der Waals surface area contributed by atoms with E-state index in [4.69, 9.17) is 9.84 Å². The SMILES string of the molecule is CC(=O)CC1=CC(C(C)O)OC1=O. The van der Waals surface area contributed by atoms with E-state index in [0.717, 1.165) is 0 Å². The Bertz CT molecular complexity index is 265. The normalized spacial score (nSPS) is 23.8. The monoisotopic (exact) mass is 184 g/mol. The Hall–Kier alpha value is -1.16. The van der Waals surface area contributed by atoms with E-state index >= 15 is 0 Å². The number of aliphatic hydroxyl groups is 1. The summed E-state index contributed by atoms with van der Waals surface area (Å²) in [6, 6.07) is 0. The lowest BCUT2D eigenvalue weighted by molar-refractivity contribution is -0.143. The molecule has 0 saturated heterocycles. The van der Waals surface area contributed by atoms with Crippen molar-refractivity contribution in [2.24, 2.45) is 0 Å². The van der Waals surface area contributed by atoms with Crippen molar-refractivity contribution in [2.75, 3.05) is 0 Å². The number of hydrogen-bond acceptors (Lipinski definition) is 4. The fourth-order valence-electron chi connectivity index (χ4n) is 1.14. The largest absolute Gasteiger partial charge is 0.452 e. The van der Waals surface area contributed by atoms with Gasteiger partial charge in [-0.2, -0.15) is 0 Å². The second-order valence-corrected chi connectivity index (χ2v) is 3.18. The number of ether oxygens (including phenoxy) is 1. The molecule has 13 heavy (non-hydrogen) atoms. The predicted octanol–water partition coefficient (Wildman–Crippen LogP) is 0.198. The van der Waals surface area contributed by atoms with Gasteiger partial charge in [0, 0.05) is 12.0 Å². The average Bonchev–Trinajstić information content (AvgIpc) is 2.31. The van der Waals surface area contributed by atoms with Gasteiger partial charge < -0.3 is 9.84 Å². The highest BCUT2D eigenvalue weighted by Crippen LogP contribution is 2.19. The number of rotatable bonds is 3. The highest BCUT2D eigenvalue weighted by atomic mass is 16.6. The molecule has 0 aromatic carbocycles. The van der Waals surface area contributed by atoms with E-state index in [9.17, 15) is 9.59 Å². The Balaban J connectivity index is 2.68. The van der Waals surface area contributed by atoms with E-state index in [1.807, 2.05) is 0 Å². The van der Waals surface area contributed by atoms with Crippen molar-refractivity contribution in [2.45, 2.75) is 32.5 Å². The van der Waals surface area contributed by atoms with Crippen LogP contribution in [0.25, 0.3) is 0 Å². The number of ketones is 1. The Morgan fingerprint density at radius 1 is 1.77 bits per heavy atom. The van der Waals surface area contributed by atoms with Gasteiger partial charge in [0.1, 0.15) is 11.9 Å². The number of esters is 1. The van der Waals surface area contributed by atoms with Crippen LogP contribution < -0.4 is 0 Å². The first-order valence-corrected chi connectivity index (χ1v) is 4.10. The van der Waals surface area contributed by atoms with Gasteiger partial charge in [-0.1, -0.05) is 0 Å². The Labute approximate surface area is 76.2 Å². The van der Waals surface area contributed by atoms with E-state index in [1.54, 1.807) is 0 Å². The highest BCUT2D eigenvalue weighted by Gasteiger charge is 2.28. The topological polar surface area (TPSA) is 63.6 Å². The van der Waals surface area contributed by atoms with Gasteiger partial charge in [0.2, 0.25) is 0 Å². The number of cyclic esters (lactones) is 1. The highest BCUT2D eigenvalue weighted by molar-refractivity contribution is 5.96. The van der Waals surface area contributed by atoms with E-state index in [2.05, 4.69) is 0 Å². The summed E-state index contributed by atoms with van der Waals surface area (Å²) in [7, 11) is 0. The molecule has 1 heterocycles. The molecule has 2 unspecified atom stereocenters. The molecule has 72 valence electrons. The van der Waals surface area contributed by atoms with Crippen LogP contribution in [0.4, 0.5) is 0 Å². The molecule has 0 fully saturated rings. The van der Waals surface area contributed by atoms with E-state index in [0.29, 0.717) is 5.57 Å². The first-order chi connectivity index (χ1) is 6.00. The third-order valence-corrected chi connectivity index (χ3v) is 1.79. The van der Waals surface area contributed by atoms with E-state index in [1.165, 1.54) is 19.9 Å². The third kappa shape index (κ3) is 2.39. The van der Waals surface area contributed by atoms with Gasteiger partial charge in [0.25, 0.3) is 0 Å². The molecule has 0 aliphatic carbocycles. The first-order valence-electron chi connectivity index (χ1n) is 4.10. The molecule has 0 aromatic rings. The molecule has 1 aliphatic rings. The number of carbonyl (C=O) groups is 2. The second-order valence-electron chi connectivity index (χ2n) is 3.18. The molecule has 0 saturated carbocycles. The molecule has 1 N–H and O–H groups in total. The van der Waals surface area contributed by atoms with Crippen LogP contribution >= 0.6 is 0 Å². The quantitative estimate of drug-likeness (QED) is 0.636. The number of Topliss-reactive ketones (excluding diaryl/α,β-unsaturated/α-hetero) is 1. The van der Waals surface area contributed by atoms with Gasteiger partial charge in [0.05, 0.1) is 6.10 Å². The van der Waals surface area contributed by atoms with Gasteiger partial charge in [-0.3, -0.25) is 4.79 Å². The van der Waals surface area contributed by atoms with Crippen molar-refractivity contribution in [3.8, 4) is 0 Å². The summed E-state index contributed by atoms with van der Waals surface area (Å²) >= 11 is 0. The standard InChI is InChI=1S/C9H12O4/c1-5(10)3-7-4-8(6(2)11)13-9(7)12/h4,6,8,11H,3H2,1-2H3. The summed E-state index contributed by atoms with van der Waals surface area (Å²) in [5.41, 5.74) is 0.346. The zero-order valence-corrected chi connectivity index (χ0v) is 7.61. The molecule has 0 aromatic heterocycles. The number of carbonyl (C=O) groups excluding carboxylic acids is 2. The maximum Gasteiger partial charge on any atom is 0.334 e. The van der Waals surface area contributed by atoms with Crippen LogP contribution in [0.1, 0.15) is 20.3 Å². The van der Waals surface area contributed by atoms with Crippen molar-refractivity contribution in [3.63, 3.8) is 0 Å². The smallest absolute Gasteiger partial charge is 0.334 e. The minimum absolute atomic E-state index is 0.0854. The van der Waals surface area contributed by atoms with Crippen LogP contribution in [-0.4, -0.2) is 29.1 Å². The molecule has 0 bridgehead atoms. The van der Waals surface area contributed by atoms with Crippen molar-refractivity contribution >= 4 is 11.8 Å². The van der Waals surface area contributed by atoms with Gasteiger partial charge in [0.15, 0.2) is 0 Å². The predicted molar refractivity (Wildman–Crippen MR) is 44.9 cm³/mol. The molecule has 4 heteroatoms. The minimum Gasteiger partial charge on any atom is -0.452 e. The molecule has 0 spiro atoms. The van der Waals surface area contributed by atoms with Crippen LogP contribution in [0.3, 0.4) is 0 Å². The Kier molecular flexibility index (Phi) is 2.83. The van der Waals surface area contributed by atoms with Crippen molar-refractivity contribution in [3.05, 3.63) is 11.6 Å². The van der Waals surface area contributed by atoms with E-state index in [-0.39, 0.29) is 12.2 Å². The Morgan fingerprint density at radius 3 is 2.77 bits per heavy atom. The Morgan fingerprint density at radius 2 is 2.38 bits per heavy atom. The van der Waals surface area contributed by atoms with Gasteiger partial charge >= 0.3 is 5.97 Å².